The fraction of sp³-hybridized carbons (Fsp3) is 0.556. The Balaban J connectivity index is 1.76. The normalized spacial score (nSPS) is 16.1. The Kier molecular flexibility index (Phi) is 7.37. The van der Waals surface area contributed by atoms with Gasteiger partial charge in [0.15, 0.2) is 5.96 Å². The molecule has 0 aromatic heterocycles. The predicted octanol–water partition coefficient (Wildman–Crippen LogP) is 2.73. The molecule has 1 fully saturated rings. The summed E-state index contributed by atoms with van der Waals surface area (Å²) < 4.78 is 5.11. The first-order valence-electron chi connectivity index (χ1n) is 8.50. The van der Waals surface area contributed by atoms with E-state index in [1.165, 1.54) is 5.56 Å². The third-order valence-corrected chi connectivity index (χ3v) is 4.49. The molecule has 1 aliphatic rings. The lowest BCUT2D eigenvalue weighted by molar-refractivity contribution is -0.149. The maximum absolute atomic E-state index is 11.8. The van der Waals surface area contributed by atoms with E-state index in [-0.39, 0.29) is 11.9 Å². The summed E-state index contributed by atoms with van der Waals surface area (Å²) in [6.45, 7) is 4.76. The minimum absolute atomic E-state index is 0.0216. The largest absolute Gasteiger partial charge is 0.466 e. The van der Waals surface area contributed by atoms with E-state index in [4.69, 9.17) is 16.3 Å². The number of guanidine groups is 1. The van der Waals surface area contributed by atoms with Gasteiger partial charge in [-0.2, -0.15) is 0 Å². The highest BCUT2D eigenvalue weighted by molar-refractivity contribution is 6.30. The number of piperidine rings is 1. The molecule has 0 saturated carbocycles. The lowest BCUT2D eigenvalue weighted by atomic mass is 9.97. The average Bonchev–Trinajstić information content (AvgIpc) is 2.61. The van der Waals surface area contributed by atoms with Gasteiger partial charge in [0.1, 0.15) is 0 Å². The van der Waals surface area contributed by atoms with Gasteiger partial charge in [0, 0.05) is 31.7 Å². The van der Waals surface area contributed by atoms with Crippen molar-refractivity contribution in [3.8, 4) is 0 Å². The van der Waals surface area contributed by atoms with Crippen LogP contribution in [0, 0.1) is 5.92 Å². The van der Waals surface area contributed by atoms with E-state index in [9.17, 15) is 4.79 Å². The van der Waals surface area contributed by atoms with Crippen molar-refractivity contribution in [3.05, 3.63) is 34.9 Å². The van der Waals surface area contributed by atoms with Crippen LogP contribution in [0.1, 0.15) is 25.3 Å². The standard InChI is InChI=1S/C18H26ClN3O2/c1-3-24-17(23)15-9-12-22(13-10-15)18(20-2)21-11-8-14-4-6-16(19)7-5-14/h4-7,15H,3,8-13H2,1-2H3,(H,20,21). The molecular formula is C18H26ClN3O2. The molecule has 0 amide bonds. The smallest absolute Gasteiger partial charge is 0.309 e. The molecule has 5 nitrogen and oxygen atoms in total. The highest BCUT2D eigenvalue weighted by Gasteiger charge is 2.27. The summed E-state index contributed by atoms with van der Waals surface area (Å²) in [7, 11) is 1.79. The van der Waals surface area contributed by atoms with E-state index in [1.807, 2.05) is 31.2 Å². The number of carbonyl (C=O) groups is 1. The third-order valence-electron chi connectivity index (χ3n) is 4.24. The second-order valence-corrected chi connectivity index (χ2v) is 6.30. The number of aliphatic imine (C=N–C) groups is 1. The monoisotopic (exact) mass is 351 g/mol. The molecule has 132 valence electrons. The number of halogens is 1. The Hall–Kier alpha value is -1.75. The Morgan fingerprint density at radius 1 is 1.33 bits per heavy atom. The summed E-state index contributed by atoms with van der Waals surface area (Å²) in [4.78, 5) is 18.4. The Bertz CT molecular complexity index is 552. The Labute approximate surface area is 149 Å². The van der Waals surface area contributed by atoms with Gasteiger partial charge in [-0.15, -0.1) is 0 Å². The fourth-order valence-corrected chi connectivity index (χ4v) is 3.02. The molecule has 1 N–H and O–H groups in total. The predicted molar refractivity (Wildman–Crippen MR) is 97.4 cm³/mol. The van der Waals surface area contributed by atoms with E-state index >= 15 is 0 Å². The molecular weight excluding hydrogens is 326 g/mol. The van der Waals surface area contributed by atoms with Crippen LogP contribution in [-0.2, 0) is 16.0 Å². The van der Waals surface area contributed by atoms with Gasteiger partial charge < -0.3 is 15.0 Å². The van der Waals surface area contributed by atoms with Crippen molar-refractivity contribution < 1.29 is 9.53 Å². The van der Waals surface area contributed by atoms with Crippen LogP contribution in [0.4, 0.5) is 0 Å². The number of likely N-dealkylation sites (tertiary alicyclic amines) is 1. The Morgan fingerprint density at radius 3 is 2.58 bits per heavy atom. The molecule has 0 spiro atoms. The zero-order chi connectivity index (χ0) is 17.4. The van der Waals surface area contributed by atoms with Gasteiger partial charge in [-0.25, -0.2) is 0 Å². The average molecular weight is 352 g/mol. The van der Waals surface area contributed by atoms with Crippen LogP contribution in [-0.4, -0.2) is 50.1 Å². The van der Waals surface area contributed by atoms with Crippen molar-refractivity contribution in [2.24, 2.45) is 10.9 Å². The molecule has 2 rings (SSSR count). The first-order valence-corrected chi connectivity index (χ1v) is 8.88. The lowest BCUT2D eigenvalue weighted by Gasteiger charge is -2.33. The maximum Gasteiger partial charge on any atom is 0.309 e. The molecule has 24 heavy (non-hydrogen) atoms. The van der Waals surface area contributed by atoms with Gasteiger partial charge in [0.25, 0.3) is 0 Å². The molecule has 0 aliphatic carbocycles. The number of nitrogens with zero attached hydrogens (tertiary/aromatic N) is 2. The molecule has 1 aromatic carbocycles. The number of ether oxygens (including phenoxy) is 1. The van der Waals surface area contributed by atoms with Crippen LogP contribution in [0.25, 0.3) is 0 Å². The van der Waals surface area contributed by atoms with Gasteiger partial charge in [-0.05, 0) is 43.9 Å². The van der Waals surface area contributed by atoms with Crippen molar-refractivity contribution in [2.75, 3.05) is 33.3 Å². The zero-order valence-corrected chi connectivity index (χ0v) is 15.2. The fourth-order valence-electron chi connectivity index (χ4n) is 2.89. The number of rotatable bonds is 5. The molecule has 6 heteroatoms. The van der Waals surface area contributed by atoms with E-state index in [0.29, 0.717) is 6.61 Å². The highest BCUT2D eigenvalue weighted by atomic mass is 35.5. The maximum atomic E-state index is 11.8. The first-order chi connectivity index (χ1) is 11.6. The first kappa shape index (κ1) is 18.6. The topological polar surface area (TPSA) is 53.9 Å². The number of benzene rings is 1. The molecule has 0 atom stereocenters. The van der Waals surface area contributed by atoms with E-state index in [1.54, 1.807) is 7.05 Å². The summed E-state index contributed by atoms with van der Waals surface area (Å²) in [5, 5.41) is 4.15. The van der Waals surface area contributed by atoms with Crippen LogP contribution in [0.2, 0.25) is 5.02 Å². The van der Waals surface area contributed by atoms with Gasteiger partial charge in [0.2, 0.25) is 0 Å². The number of esters is 1. The van der Waals surface area contributed by atoms with Gasteiger partial charge in [-0.1, -0.05) is 23.7 Å². The number of carbonyl (C=O) groups excluding carboxylic acids is 1. The minimum atomic E-state index is -0.0668. The summed E-state index contributed by atoms with van der Waals surface area (Å²) >= 11 is 5.90. The van der Waals surface area contributed by atoms with Crippen molar-refractivity contribution in [1.82, 2.24) is 10.2 Å². The zero-order valence-electron chi connectivity index (χ0n) is 14.4. The third kappa shape index (κ3) is 5.41. The Morgan fingerprint density at radius 2 is 2.00 bits per heavy atom. The second kappa shape index (κ2) is 9.52. The molecule has 0 bridgehead atoms. The quantitative estimate of drug-likeness (QED) is 0.503. The minimum Gasteiger partial charge on any atom is -0.466 e. The van der Waals surface area contributed by atoms with Crippen LogP contribution in [0.3, 0.4) is 0 Å². The second-order valence-electron chi connectivity index (χ2n) is 5.86. The van der Waals surface area contributed by atoms with Crippen LogP contribution >= 0.6 is 11.6 Å². The summed E-state index contributed by atoms with van der Waals surface area (Å²) in [6, 6.07) is 7.90. The van der Waals surface area contributed by atoms with E-state index < -0.39 is 0 Å². The van der Waals surface area contributed by atoms with Gasteiger partial charge in [0.05, 0.1) is 12.5 Å². The lowest BCUT2D eigenvalue weighted by Crippen LogP contribution is -2.47. The molecule has 0 unspecified atom stereocenters. The van der Waals surface area contributed by atoms with Crippen molar-refractivity contribution >= 4 is 23.5 Å². The molecule has 1 saturated heterocycles. The number of nitrogens with one attached hydrogen (secondary N) is 1. The molecule has 1 aliphatic heterocycles. The molecule has 1 aromatic rings. The molecule has 1 heterocycles. The van der Waals surface area contributed by atoms with Crippen molar-refractivity contribution in [2.45, 2.75) is 26.2 Å². The van der Waals surface area contributed by atoms with Gasteiger partial charge in [-0.3, -0.25) is 9.79 Å². The SMILES string of the molecule is CCOC(=O)C1CCN(C(=NC)NCCc2ccc(Cl)cc2)CC1. The summed E-state index contributed by atoms with van der Waals surface area (Å²) in [5.41, 5.74) is 1.24. The summed E-state index contributed by atoms with van der Waals surface area (Å²) in [6.07, 6.45) is 2.54. The van der Waals surface area contributed by atoms with E-state index in [2.05, 4.69) is 15.2 Å². The van der Waals surface area contributed by atoms with Crippen LogP contribution in [0.15, 0.2) is 29.3 Å². The van der Waals surface area contributed by atoms with Crippen LogP contribution in [0.5, 0.6) is 0 Å². The van der Waals surface area contributed by atoms with Crippen LogP contribution < -0.4 is 5.32 Å². The number of hydrogen-bond acceptors (Lipinski definition) is 3. The van der Waals surface area contributed by atoms with Gasteiger partial charge >= 0.3 is 5.97 Å². The van der Waals surface area contributed by atoms with E-state index in [0.717, 1.165) is 49.9 Å². The summed E-state index contributed by atoms with van der Waals surface area (Å²) in [5.74, 6) is 0.850. The highest BCUT2D eigenvalue weighted by Crippen LogP contribution is 2.18. The number of hydrogen-bond donors (Lipinski definition) is 1. The van der Waals surface area contributed by atoms with Crippen molar-refractivity contribution in [1.29, 1.82) is 0 Å². The van der Waals surface area contributed by atoms with Crippen molar-refractivity contribution in [3.63, 3.8) is 0 Å². The molecule has 0 radical (unpaired) electrons.